The van der Waals surface area contributed by atoms with E-state index in [9.17, 15) is 31.4 Å². The molecule has 0 saturated carbocycles. The number of ether oxygens (including phenoxy) is 1. The molecular weight excluding hydrogens is 290 g/mol. The Hall–Kier alpha value is -1.44. The first-order chi connectivity index (χ1) is 9.12. The van der Waals surface area contributed by atoms with Gasteiger partial charge in [0.1, 0.15) is 11.9 Å². The summed E-state index contributed by atoms with van der Waals surface area (Å²) < 4.78 is 80.5. The smallest absolute Gasteiger partial charge is 0.403 e. The van der Waals surface area contributed by atoms with Crippen molar-refractivity contribution in [2.45, 2.75) is 24.9 Å². The third kappa shape index (κ3) is 2.70. The van der Waals surface area contributed by atoms with E-state index in [1.54, 1.807) is 0 Å². The molecule has 0 radical (unpaired) electrons. The largest absolute Gasteiger partial charge is 0.493 e. The number of benzene rings is 1. The molecule has 0 spiro atoms. The monoisotopic (exact) mass is 300 g/mol. The fraction of sp³-hybridized carbons (Fsp3) is 0.500. The Morgan fingerprint density at radius 3 is 2.20 bits per heavy atom. The highest BCUT2D eigenvalue weighted by molar-refractivity contribution is 5.45. The molecule has 112 valence electrons. The van der Waals surface area contributed by atoms with Gasteiger partial charge in [0.25, 0.3) is 0 Å². The van der Waals surface area contributed by atoms with Crippen LogP contribution in [0.4, 0.5) is 26.3 Å². The highest BCUT2D eigenvalue weighted by Gasteiger charge is 2.60. The molecule has 1 aliphatic rings. The van der Waals surface area contributed by atoms with Crippen LogP contribution in [0.15, 0.2) is 18.2 Å². The number of aliphatic hydroxyl groups excluding tert-OH is 1. The average Bonchev–Trinajstić information content (AvgIpc) is 2.71. The van der Waals surface area contributed by atoms with Crippen molar-refractivity contribution in [1.29, 1.82) is 0 Å². The lowest BCUT2D eigenvalue weighted by atomic mass is 9.92. The molecule has 0 aromatic heterocycles. The number of halogens is 6. The van der Waals surface area contributed by atoms with E-state index < -0.39 is 29.9 Å². The number of rotatable bonds is 2. The topological polar surface area (TPSA) is 29.5 Å². The predicted octanol–water partition coefficient (Wildman–Crippen LogP) is 3.40. The summed E-state index contributed by atoms with van der Waals surface area (Å²) in [6.45, 7) is 0.168. The van der Waals surface area contributed by atoms with Crippen molar-refractivity contribution in [3.05, 3.63) is 29.3 Å². The lowest BCUT2D eigenvalue weighted by molar-refractivity contribution is -0.307. The standard InChI is InChI=1S/C12H10F6O2/c13-11(14,15)10(12(16,17)18)8(19)7-3-1-2-6-4-5-20-9(6)7/h1-3,8,10,19H,4-5H2. The zero-order chi connectivity index (χ0) is 15.1. The molecule has 0 bridgehead atoms. The molecule has 2 nitrogen and oxygen atoms in total. The van der Waals surface area contributed by atoms with Crippen LogP contribution in [0.1, 0.15) is 17.2 Å². The molecule has 1 heterocycles. The van der Waals surface area contributed by atoms with E-state index in [1.807, 2.05) is 0 Å². The second kappa shape index (κ2) is 4.83. The van der Waals surface area contributed by atoms with Crippen LogP contribution in [0.25, 0.3) is 0 Å². The van der Waals surface area contributed by atoms with Gasteiger partial charge in [-0.2, -0.15) is 26.3 Å². The minimum absolute atomic E-state index is 0.0847. The van der Waals surface area contributed by atoms with Gasteiger partial charge in [-0.05, 0) is 5.56 Å². The number of hydrogen-bond acceptors (Lipinski definition) is 2. The first-order valence-electron chi connectivity index (χ1n) is 5.68. The van der Waals surface area contributed by atoms with E-state index in [2.05, 4.69) is 0 Å². The van der Waals surface area contributed by atoms with Gasteiger partial charge in [0.15, 0.2) is 5.92 Å². The number of alkyl halides is 6. The molecule has 0 saturated heterocycles. The van der Waals surface area contributed by atoms with Gasteiger partial charge in [0.05, 0.1) is 6.61 Å². The van der Waals surface area contributed by atoms with Crippen molar-refractivity contribution < 1.29 is 36.2 Å². The first kappa shape index (κ1) is 15.0. The summed E-state index contributed by atoms with van der Waals surface area (Å²) in [5, 5.41) is 9.60. The Balaban J connectivity index is 2.44. The van der Waals surface area contributed by atoms with E-state index in [-0.39, 0.29) is 12.4 Å². The molecule has 1 atom stereocenters. The van der Waals surface area contributed by atoms with Crippen LogP contribution in [-0.4, -0.2) is 24.1 Å². The van der Waals surface area contributed by atoms with Crippen molar-refractivity contribution in [1.82, 2.24) is 0 Å². The number of fused-ring (bicyclic) bond motifs is 1. The van der Waals surface area contributed by atoms with Crippen molar-refractivity contribution >= 4 is 0 Å². The molecule has 0 fully saturated rings. The van der Waals surface area contributed by atoms with Crippen molar-refractivity contribution in [2.75, 3.05) is 6.61 Å². The minimum Gasteiger partial charge on any atom is -0.493 e. The Labute approximate surface area is 110 Å². The van der Waals surface area contributed by atoms with E-state index >= 15 is 0 Å². The minimum atomic E-state index is -5.60. The Morgan fingerprint density at radius 2 is 1.65 bits per heavy atom. The second-order valence-corrected chi connectivity index (χ2v) is 4.44. The van der Waals surface area contributed by atoms with Crippen LogP contribution < -0.4 is 4.74 Å². The van der Waals surface area contributed by atoms with Gasteiger partial charge in [0, 0.05) is 12.0 Å². The summed E-state index contributed by atoms with van der Waals surface area (Å²) in [6.07, 6.45) is -13.6. The Morgan fingerprint density at radius 1 is 1.05 bits per heavy atom. The number of aliphatic hydroxyl groups is 1. The SMILES string of the molecule is OC(c1cccc2c1OCC2)C(C(F)(F)F)C(F)(F)F. The van der Waals surface area contributed by atoms with Crippen LogP contribution in [0.2, 0.25) is 0 Å². The summed E-state index contributed by atoms with van der Waals surface area (Å²) in [5.74, 6) is -3.93. The third-order valence-corrected chi connectivity index (χ3v) is 3.08. The van der Waals surface area contributed by atoms with Gasteiger partial charge < -0.3 is 9.84 Å². The zero-order valence-electron chi connectivity index (χ0n) is 9.92. The normalized spacial score (nSPS) is 17.0. The lowest BCUT2D eigenvalue weighted by Crippen LogP contribution is -2.41. The molecule has 1 aliphatic heterocycles. The van der Waals surface area contributed by atoms with Crippen molar-refractivity contribution in [2.24, 2.45) is 5.92 Å². The van der Waals surface area contributed by atoms with Crippen LogP contribution in [0.3, 0.4) is 0 Å². The molecule has 1 N–H and O–H groups in total. The summed E-state index contributed by atoms with van der Waals surface area (Å²) in [6, 6.07) is 3.85. The molecule has 0 amide bonds. The molecule has 0 aliphatic carbocycles. The van der Waals surface area contributed by atoms with Crippen LogP contribution in [0, 0.1) is 5.92 Å². The highest BCUT2D eigenvalue weighted by atomic mass is 19.4. The summed E-state index contributed by atoms with van der Waals surface area (Å²) in [4.78, 5) is 0. The third-order valence-electron chi connectivity index (χ3n) is 3.08. The van der Waals surface area contributed by atoms with Gasteiger partial charge in [-0.25, -0.2) is 0 Å². The maximum absolute atomic E-state index is 12.6. The van der Waals surface area contributed by atoms with E-state index in [0.717, 1.165) is 6.07 Å². The molecule has 1 aromatic rings. The first-order valence-corrected chi connectivity index (χ1v) is 5.68. The molecule has 1 aromatic carbocycles. The second-order valence-electron chi connectivity index (χ2n) is 4.44. The summed E-state index contributed by atoms with van der Waals surface area (Å²) in [7, 11) is 0. The Bertz CT molecular complexity index is 480. The quantitative estimate of drug-likeness (QED) is 0.848. The average molecular weight is 300 g/mol. The van der Waals surface area contributed by atoms with Gasteiger partial charge >= 0.3 is 12.4 Å². The maximum Gasteiger partial charge on any atom is 0.403 e. The van der Waals surface area contributed by atoms with Gasteiger partial charge in [0.2, 0.25) is 0 Å². The molecule has 1 unspecified atom stereocenters. The van der Waals surface area contributed by atoms with Gasteiger partial charge in [-0.3, -0.25) is 0 Å². The Kier molecular flexibility index (Phi) is 3.62. The predicted molar refractivity (Wildman–Crippen MR) is 56.2 cm³/mol. The highest BCUT2D eigenvalue weighted by Crippen LogP contribution is 2.48. The van der Waals surface area contributed by atoms with Gasteiger partial charge in [-0.15, -0.1) is 0 Å². The molecule has 2 rings (SSSR count). The van der Waals surface area contributed by atoms with Crippen LogP contribution in [-0.2, 0) is 6.42 Å². The van der Waals surface area contributed by atoms with Crippen LogP contribution >= 0.6 is 0 Å². The van der Waals surface area contributed by atoms with Crippen molar-refractivity contribution in [3.63, 3.8) is 0 Å². The van der Waals surface area contributed by atoms with Crippen LogP contribution in [0.5, 0.6) is 5.75 Å². The fourth-order valence-electron chi connectivity index (χ4n) is 2.20. The number of hydrogen-bond donors (Lipinski definition) is 1. The van der Waals surface area contributed by atoms with Gasteiger partial charge in [-0.1, -0.05) is 18.2 Å². The van der Waals surface area contributed by atoms with E-state index in [1.165, 1.54) is 12.1 Å². The molecule has 8 heteroatoms. The molecular formula is C12H10F6O2. The van der Waals surface area contributed by atoms with E-state index in [0.29, 0.717) is 12.0 Å². The zero-order valence-corrected chi connectivity index (χ0v) is 9.92. The summed E-state index contributed by atoms with van der Waals surface area (Å²) in [5.41, 5.74) is 0.00398. The number of para-hydroxylation sites is 1. The lowest BCUT2D eigenvalue weighted by Gasteiger charge is -2.28. The van der Waals surface area contributed by atoms with E-state index in [4.69, 9.17) is 4.74 Å². The maximum atomic E-state index is 12.6. The van der Waals surface area contributed by atoms with Crippen molar-refractivity contribution in [3.8, 4) is 5.75 Å². The molecule has 20 heavy (non-hydrogen) atoms. The summed E-state index contributed by atoms with van der Waals surface area (Å²) >= 11 is 0. The fourth-order valence-corrected chi connectivity index (χ4v) is 2.20.